The van der Waals surface area contributed by atoms with E-state index in [0.717, 1.165) is 23.3 Å². The summed E-state index contributed by atoms with van der Waals surface area (Å²) in [5.74, 6) is -0.386. The zero-order chi connectivity index (χ0) is 29.6. The lowest BCUT2D eigenvalue weighted by Crippen LogP contribution is -2.42. The molecular formula is C30H27F3N2O5S. The van der Waals surface area contributed by atoms with E-state index in [1.54, 1.807) is 24.3 Å². The molecule has 0 unspecified atom stereocenters. The molecular weight excluding hydrogens is 557 g/mol. The highest BCUT2D eigenvalue weighted by molar-refractivity contribution is 7.92. The zero-order valence-corrected chi connectivity index (χ0v) is 22.9. The molecule has 0 spiro atoms. The quantitative estimate of drug-likeness (QED) is 0.254. The van der Waals surface area contributed by atoms with E-state index >= 15 is 0 Å². The van der Waals surface area contributed by atoms with Crippen molar-refractivity contribution in [2.75, 3.05) is 25.1 Å². The minimum absolute atomic E-state index is 0.0928. The summed E-state index contributed by atoms with van der Waals surface area (Å²) in [6, 6.07) is 25.0. The van der Waals surface area contributed by atoms with Gasteiger partial charge in [-0.3, -0.25) is 9.10 Å². The smallest absolute Gasteiger partial charge is 0.416 e. The van der Waals surface area contributed by atoms with E-state index in [0.29, 0.717) is 10.4 Å². The fourth-order valence-corrected chi connectivity index (χ4v) is 5.67. The number of nitrogens with zero attached hydrogens (tertiary/aromatic N) is 1. The fourth-order valence-electron chi connectivity index (χ4n) is 4.24. The van der Waals surface area contributed by atoms with Gasteiger partial charge in [-0.25, -0.2) is 8.42 Å². The molecule has 0 aliphatic rings. The highest BCUT2D eigenvalue weighted by Crippen LogP contribution is 2.35. The number of rotatable bonds is 10. The number of nitrogens with one attached hydrogen (secondary N) is 1. The van der Waals surface area contributed by atoms with Crippen LogP contribution in [0.1, 0.15) is 22.7 Å². The molecule has 4 aromatic rings. The monoisotopic (exact) mass is 584 g/mol. The number of ether oxygens (including phenoxy) is 2. The van der Waals surface area contributed by atoms with Crippen LogP contribution >= 0.6 is 0 Å². The first-order valence-electron chi connectivity index (χ1n) is 12.4. The van der Waals surface area contributed by atoms with Crippen LogP contribution in [0.2, 0.25) is 0 Å². The predicted molar refractivity (Wildman–Crippen MR) is 148 cm³/mol. The van der Waals surface area contributed by atoms with Gasteiger partial charge in [-0.1, -0.05) is 66.7 Å². The Labute approximate surface area is 236 Å². The summed E-state index contributed by atoms with van der Waals surface area (Å²) in [6.07, 6.45) is -4.73. The van der Waals surface area contributed by atoms with Crippen molar-refractivity contribution in [1.82, 2.24) is 5.32 Å². The second kappa shape index (κ2) is 12.3. The van der Waals surface area contributed by atoms with Gasteiger partial charge in [0.15, 0.2) is 11.5 Å². The van der Waals surface area contributed by atoms with E-state index in [9.17, 15) is 26.4 Å². The number of alkyl halides is 3. The van der Waals surface area contributed by atoms with Crippen molar-refractivity contribution in [1.29, 1.82) is 0 Å². The van der Waals surface area contributed by atoms with Crippen molar-refractivity contribution >= 4 is 21.6 Å². The van der Waals surface area contributed by atoms with E-state index in [4.69, 9.17) is 9.47 Å². The molecule has 4 aromatic carbocycles. The maximum atomic E-state index is 13.9. The molecule has 0 aliphatic carbocycles. The number of benzene rings is 4. The van der Waals surface area contributed by atoms with Gasteiger partial charge in [0.25, 0.3) is 10.0 Å². The van der Waals surface area contributed by atoms with E-state index in [1.807, 2.05) is 36.4 Å². The summed E-state index contributed by atoms with van der Waals surface area (Å²) >= 11 is 0. The van der Waals surface area contributed by atoms with E-state index in [1.165, 1.54) is 38.5 Å². The molecule has 214 valence electrons. The Kier molecular flexibility index (Phi) is 8.87. The first-order valence-corrected chi connectivity index (χ1v) is 13.8. The normalized spacial score (nSPS) is 11.7. The minimum Gasteiger partial charge on any atom is -0.493 e. The van der Waals surface area contributed by atoms with Gasteiger partial charge in [0, 0.05) is 6.07 Å². The first-order chi connectivity index (χ1) is 19.5. The van der Waals surface area contributed by atoms with Gasteiger partial charge in [-0.15, -0.1) is 0 Å². The zero-order valence-electron chi connectivity index (χ0n) is 22.1. The second-order valence-corrected chi connectivity index (χ2v) is 10.8. The number of sulfonamides is 1. The predicted octanol–water partition coefficient (Wildman–Crippen LogP) is 5.82. The number of anilines is 1. The molecule has 1 amide bonds. The molecule has 0 aliphatic heterocycles. The number of methoxy groups -OCH3 is 2. The Balaban J connectivity index is 1.76. The highest BCUT2D eigenvalue weighted by atomic mass is 32.2. The maximum Gasteiger partial charge on any atom is 0.416 e. The van der Waals surface area contributed by atoms with Crippen LogP contribution in [0.4, 0.5) is 18.9 Å². The third kappa shape index (κ3) is 6.80. The third-order valence-electron chi connectivity index (χ3n) is 6.26. The number of hydrogen-bond donors (Lipinski definition) is 1. The lowest BCUT2D eigenvalue weighted by atomic mass is 9.99. The van der Waals surface area contributed by atoms with Crippen LogP contribution in [0, 0.1) is 0 Å². The molecule has 4 rings (SSSR count). The van der Waals surface area contributed by atoms with Crippen molar-refractivity contribution in [3.63, 3.8) is 0 Å². The van der Waals surface area contributed by atoms with Gasteiger partial charge >= 0.3 is 6.18 Å². The van der Waals surface area contributed by atoms with Gasteiger partial charge in [0.1, 0.15) is 6.54 Å². The number of carbonyl (C=O) groups is 1. The number of carbonyl (C=O) groups excluding carboxylic acids is 1. The van der Waals surface area contributed by atoms with Gasteiger partial charge in [-0.05, 0) is 41.5 Å². The van der Waals surface area contributed by atoms with Gasteiger partial charge < -0.3 is 14.8 Å². The molecule has 41 heavy (non-hydrogen) atoms. The van der Waals surface area contributed by atoms with Crippen LogP contribution in [0.25, 0.3) is 0 Å². The van der Waals surface area contributed by atoms with Gasteiger partial charge in [0.2, 0.25) is 5.91 Å². The Bertz CT molecular complexity index is 1560. The number of amides is 1. The lowest BCUT2D eigenvalue weighted by Gasteiger charge is -2.27. The van der Waals surface area contributed by atoms with Crippen LogP contribution in [0.3, 0.4) is 0 Å². The summed E-state index contributed by atoms with van der Waals surface area (Å²) < 4.78 is 79.5. The number of hydrogen-bond acceptors (Lipinski definition) is 5. The van der Waals surface area contributed by atoms with Crippen molar-refractivity contribution in [3.8, 4) is 11.5 Å². The molecule has 0 saturated carbocycles. The summed E-state index contributed by atoms with van der Waals surface area (Å²) in [7, 11) is -1.87. The highest BCUT2D eigenvalue weighted by Gasteiger charge is 2.34. The topological polar surface area (TPSA) is 84.9 Å². The van der Waals surface area contributed by atoms with Crippen LogP contribution < -0.4 is 19.1 Å². The SMILES string of the molecule is COc1ccc(S(=O)(=O)N(CC(=O)NC(c2ccccc2)c2ccccc2)c2cccc(C(F)(F)F)c2)cc1OC. The molecule has 7 nitrogen and oxygen atoms in total. The Morgan fingerprint density at radius 1 is 0.805 bits per heavy atom. The number of halogens is 3. The van der Waals surface area contributed by atoms with Crippen LogP contribution in [0.15, 0.2) is 108 Å². The average Bonchev–Trinajstić information content (AvgIpc) is 2.98. The summed E-state index contributed by atoms with van der Waals surface area (Å²) in [5, 5.41) is 2.85. The van der Waals surface area contributed by atoms with Crippen molar-refractivity contribution in [2.24, 2.45) is 0 Å². The van der Waals surface area contributed by atoms with Crippen molar-refractivity contribution in [2.45, 2.75) is 17.1 Å². The van der Waals surface area contributed by atoms with Crippen LogP contribution in [-0.2, 0) is 21.0 Å². The molecule has 0 saturated heterocycles. The van der Waals surface area contributed by atoms with E-state index < -0.39 is 40.3 Å². The van der Waals surface area contributed by atoms with E-state index in [-0.39, 0.29) is 22.1 Å². The lowest BCUT2D eigenvalue weighted by molar-refractivity contribution is -0.137. The third-order valence-corrected chi connectivity index (χ3v) is 8.03. The van der Waals surface area contributed by atoms with Crippen LogP contribution in [-0.4, -0.2) is 35.1 Å². The molecule has 0 heterocycles. The molecule has 11 heteroatoms. The summed E-state index contributed by atoms with van der Waals surface area (Å²) in [4.78, 5) is 13.2. The van der Waals surface area contributed by atoms with Crippen molar-refractivity contribution in [3.05, 3.63) is 120 Å². The summed E-state index contributed by atoms with van der Waals surface area (Å²) in [5.41, 5.74) is 0.0796. The Morgan fingerprint density at radius 2 is 1.39 bits per heavy atom. The molecule has 0 bridgehead atoms. The van der Waals surface area contributed by atoms with Crippen molar-refractivity contribution < 1.29 is 35.9 Å². The Morgan fingerprint density at radius 3 is 1.93 bits per heavy atom. The minimum atomic E-state index is -4.73. The van der Waals surface area contributed by atoms with Gasteiger partial charge in [0.05, 0.1) is 36.4 Å². The largest absolute Gasteiger partial charge is 0.493 e. The molecule has 0 radical (unpaired) electrons. The second-order valence-electron chi connectivity index (χ2n) is 8.90. The fraction of sp³-hybridized carbons (Fsp3) is 0.167. The van der Waals surface area contributed by atoms with Crippen LogP contribution in [0.5, 0.6) is 11.5 Å². The summed E-state index contributed by atoms with van der Waals surface area (Å²) in [6.45, 7) is -0.797. The Hall–Kier alpha value is -4.51. The molecule has 1 N–H and O–H groups in total. The molecule has 0 fully saturated rings. The average molecular weight is 585 g/mol. The standard InChI is InChI=1S/C30H27F3N2O5S/c1-39-26-17-16-25(19-27(26)40-2)41(37,38)35(24-15-9-14-23(18-24)30(31,32)33)20-28(36)34-29(21-10-5-3-6-11-21)22-12-7-4-8-13-22/h3-19,29H,20H2,1-2H3,(H,34,36). The maximum absolute atomic E-state index is 13.9. The first kappa shape index (κ1) is 29.5. The van der Waals surface area contributed by atoms with E-state index in [2.05, 4.69) is 5.32 Å². The molecule has 0 atom stereocenters. The molecule has 0 aromatic heterocycles. The van der Waals surface area contributed by atoms with Gasteiger partial charge in [-0.2, -0.15) is 13.2 Å².